The first kappa shape index (κ1) is 16.2. The summed E-state index contributed by atoms with van der Waals surface area (Å²) in [6, 6.07) is 1.27. The summed E-state index contributed by atoms with van der Waals surface area (Å²) >= 11 is 0. The van der Waals surface area contributed by atoms with Crippen LogP contribution in [-0.4, -0.2) is 62.5 Å². The van der Waals surface area contributed by atoms with Crippen molar-refractivity contribution in [2.24, 2.45) is 0 Å². The van der Waals surface area contributed by atoms with Crippen molar-refractivity contribution in [2.75, 3.05) is 40.0 Å². The lowest BCUT2D eigenvalue weighted by Gasteiger charge is -2.37. The van der Waals surface area contributed by atoms with E-state index >= 15 is 0 Å². The molecule has 1 spiro atoms. The highest BCUT2D eigenvalue weighted by atomic mass is 16.6. The number of nitrogens with one attached hydrogen (secondary N) is 1. The lowest BCUT2D eigenvalue weighted by molar-refractivity contribution is -0.0892. The summed E-state index contributed by atoms with van der Waals surface area (Å²) < 4.78 is 11.5. The Labute approximate surface area is 124 Å². The molecule has 2 unspecified atom stereocenters. The van der Waals surface area contributed by atoms with Gasteiger partial charge in [0.05, 0.1) is 12.2 Å². The summed E-state index contributed by atoms with van der Waals surface area (Å²) in [6.07, 6.45) is 5.88. The molecule has 0 aromatic rings. The third-order valence-corrected chi connectivity index (χ3v) is 4.81. The molecule has 20 heavy (non-hydrogen) atoms. The van der Waals surface area contributed by atoms with Crippen molar-refractivity contribution in [1.82, 2.24) is 10.2 Å². The molecule has 0 bridgehead atoms. The smallest absolute Gasteiger partial charge is 0.0951 e. The number of ether oxygens (including phenoxy) is 2. The number of unbranched alkanes of at least 4 members (excludes halogenated alkanes) is 1. The maximum absolute atomic E-state index is 5.97. The minimum absolute atomic E-state index is 0.0355. The van der Waals surface area contributed by atoms with Crippen molar-refractivity contribution in [3.05, 3.63) is 0 Å². The van der Waals surface area contributed by atoms with Crippen molar-refractivity contribution in [2.45, 2.75) is 63.6 Å². The molecule has 2 aliphatic rings. The Morgan fingerprint density at radius 2 is 2.15 bits per heavy atom. The zero-order valence-corrected chi connectivity index (χ0v) is 13.5. The monoisotopic (exact) mass is 284 g/mol. The standard InChI is InChI=1S/C16H32N2O2/c1-14(2)18(3)9-5-4-8-17-15-6-10-20-16(12-15)7-11-19-13-16/h14-15,17H,4-13H2,1-3H3. The van der Waals surface area contributed by atoms with Gasteiger partial charge >= 0.3 is 0 Å². The van der Waals surface area contributed by atoms with E-state index in [1.54, 1.807) is 0 Å². The number of hydrogen-bond acceptors (Lipinski definition) is 4. The van der Waals surface area contributed by atoms with Gasteiger partial charge in [-0.1, -0.05) is 0 Å². The van der Waals surface area contributed by atoms with Gasteiger partial charge in [-0.05, 0) is 59.7 Å². The summed E-state index contributed by atoms with van der Waals surface area (Å²) in [5, 5.41) is 3.72. The molecule has 2 aliphatic heterocycles. The fourth-order valence-corrected chi connectivity index (χ4v) is 3.12. The Kier molecular flexibility index (Phi) is 6.27. The quantitative estimate of drug-likeness (QED) is 0.725. The highest BCUT2D eigenvalue weighted by Crippen LogP contribution is 2.32. The van der Waals surface area contributed by atoms with Crippen molar-refractivity contribution >= 4 is 0 Å². The molecule has 2 atom stereocenters. The second-order valence-electron chi connectivity index (χ2n) is 6.76. The molecule has 2 rings (SSSR count). The van der Waals surface area contributed by atoms with Gasteiger partial charge in [-0.15, -0.1) is 0 Å². The van der Waals surface area contributed by atoms with Gasteiger partial charge in [0.1, 0.15) is 0 Å². The van der Waals surface area contributed by atoms with Crippen LogP contribution in [0.5, 0.6) is 0 Å². The van der Waals surface area contributed by atoms with Gasteiger partial charge in [0.25, 0.3) is 0 Å². The second-order valence-corrected chi connectivity index (χ2v) is 6.76. The zero-order valence-electron chi connectivity index (χ0n) is 13.5. The second kappa shape index (κ2) is 7.74. The molecule has 2 fully saturated rings. The topological polar surface area (TPSA) is 33.7 Å². The van der Waals surface area contributed by atoms with E-state index in [9.17, 15) is 0 Å². The number of rotatable bonds is 7. The van der Waals surface area contributed by atoms with E-state index in [1.807, 2.05) is 0 Å². The van der Waals surface area contributed by atoms with E-state index in [0.29, 0.717) is 12.1 Å². The molecular weight excluding hydrogens is 252 g/mol. The van der Waals surface area contributed by atoms with E-state index in [-0.39, 0.29) is 5.60 Å². The molecule has 0 saturated carbocycles. The Morgan fingerprint density at radius 1 is 1.30 bits per heavy atom. The summed E-state index contributed by atoms with van der Waals surface area (Å²) in [5.41, 5.74) is 0.0355. The summed E-state index contributed by atoms with van der Waals surface area (Å²) in [4.78, 5) is 2.42. The fourth-order valence-electron chi connectivity index (χ4n) is 3.12. The molecule has 0 amide bonds. The van der Waals surface area contributed by atoms with Crippen LogP contribution in [0, 0.1) is 0 Å². The average molecular weight is 284 g/mol. The van der Waals surface area contributed by atoms with Gasteiger partial charge in [0.2, 0.25) is 0 Å². The predicted molar refractivity (Wildman–Crippen MR) is 82.1 cm³/mol. The maximum atomic E-state index is 5.97. The SMILES string of the molecule is CC(C)N(C)CCCCNC1CCOC2(CCOC2)C1. The molecule has 0 aliphatic carbocycles. The minimum atomic E-state index is 0.0355. The summed E-state index contributed by atoms with van der Waals surface area (Å²) in [7, 11) is 2.21. The van der Waals surface area contributed by atoms with Crippen LogP contribution in [0.15, 0.2) is 0 Å². The Morgan fingerprint density at radius 3 is 2.85 bits per heavy atom. The maximum Gasteiger partial charge on any atom is 0.0951 e. The average Bonchev–Trinajstić information content (AvgIpc) is 2.86. The van der Waals surface area contributed by atoms with Crippen molar-refractivity contribution in [1.29, 1.82) is 0 Å². The van der Waals surface area contributed by atoms with Gasteiger partial charge < -0.3 is 19.7 Å². The van der Waals surface area contributed by atoms with E-state index in [1.165, 1.54) is 19.4 Å². The van der Waals surface area contributed by atoms with Gasteiger partial charge in [-0.3, -0.25) is 0 Å². The van der Waals surface area contributed by atoms with Crippen molar-refractivity contribution in [3.8, 4) is 0 Å². The van der Waals surface area contributed by atoms with Gasteiger partial charge in [-0.25, -0.2) is 0 Å². The molecule has 2 saturated heterocycles. The molecular formula is C16H32N2O2. The highest BCUT2D eigenvalue weighted by molar-refractivity contribution is 4.92. The molecule has 0 radical (unpaired) electrons. The predicted octanol–water partition coefficient (Wildman–Crippen LogP) is 2.03. The molecule has 0 aromatic carbocycles. The number of hydrogen-bond donors (Lipinski definition) is 1. The van der Waals surface area contributed by atoms with Crippen LogP contribution >= 0.6 is 0 Å². The van der Waals surface area contributed by atoms with E-state index in [2.05, 4.69) is 31.1 Å². The van der Waals surface area contributed by atoms with Crippen LogP contribution < -0.4 is 5.32 Å². The van der Waals surface area contributed by atoms with Crippen LogP contribution in [0.25, 0.3) is 0 Å². The van der Waals surface area contributed by atoms with Crippen LogP contribution in [0.3, 0.4) is 0 Å². The first-order valence-corrected chi connectivity index (χ1v) is 8.27. The molecule has 118 valence electrons. The first-order valence-electron chi connectivity index (χ1n) is 8.27. The molecule has 4 nitrogen and oxygen atoms in total. The molecule has 2 heterocycles. The Balaban J connectivity index is 1.57. The summed E-state index contributed by atoms with van der Waals surface area (Å²) in [5.74, 6) is 0. The van der Waals surface area contributed by atoms with E-state index in [0.717, 1.165) is 45.6 Å². The summed E-state index contributed by atoms with van der Waals surface area (Å²) in [6.45, 7) is 9.39. The van der Waals surface area contributed by atoms with Crippen LogP contribution in [0.1, 0.15) is 46.0 Å². The zero-order chi connectivity index (χ0) is 14.4. The lowest BCUT2D eigenvalue weighted by atomic mass is 9.89. The molecule has 0 aromatic heterocycles. The van der Waals surface area contributed by atoms with Crippen molar-refractivity contribution < 1.29 is 9.47 Å². The van der Waals surface area contributed by atoms with Crippen molar-refractivity contribution in [3.63, 3.8) is 0 Å². The third-order valence-electron chi connectivity index (χ3n) is 4.81. The van der Waals surface area contributed by atoms with Gasteiger partial charge in [-0.2, -0.15) is 0 Å². The number of nitrogens with zero attached hydrogens (tertiary/aromatic N) is 1. The Bertz CT molecular complexity index is 278. The normalized spacial score (nSPS) is 30.8. The molecule has 4 heteroatoms. The minimum Gasteiger partial charge on any atom is -0.378 e. The third kappa shape index (κ3) is 4.69. The first-order chi connectivity index (χ1) is 9.61. The van der Waals surface area contributed by atoms with Crippen LogP contribution in [-0.2, 0) is 9.47 Å². The lowest BCUT2D eigenvalue weighted by Crippen LogP contribution is -2.47. The van der Waals surface area contributed by atoms with Gasteiger partial charge in [0.15, 0.2) is 0 Å². The van der Waals surface area contributed by atoms with E-state index < -0.39 is 0 Å². The fraction of sp³-hybridized carbons (Fsp3) is 1.00. The highest BCUT2D eigenvalue weighted by Gasteiger charge is 2.40. The Hall–Kier alpha value is -0.160. The van der Waals surface area contributed by atoms with Crippen LogP contribution in [0.4, 0.5) is 0 Å². The van der Waals surface area contributed by atoms with Gasteiger partial charge in [0, 0.05) is 31.7 Å². The van der Waals surface area contributed by atoms with Crippen LogP contribution in [0.2, 0.25) is 0 Å². The molecule has 1 N–H and O–H groups in total. The largest absolute Gasteiger partial charge is 0.378 e. The van der Waals surface area contributed by atoms with E-state index in [4.69, 9.17) is 9.47 Å².